The van der Waals surface area contributed by atoms with Crippen molar-refractivity contribution < 1.29 is 13.2 Å². The van der Waals surface area contributed by atoms with Gasteiger partial charge in [0, 0.05) is 0 Å². The van der Waals surface area contributed by atoms with Crippen molar-refractivity contribution in [2.75, 3.05) is 0 Å². The van der Waals surface area contributed by atoms with E-state index >= 15 is 0 Å². The quantitative estimate of drug-likeness (QED) is 0.808. The molecule has 16 heavy (non-hydrogen) atoms. The summed E-state index contributed by atoms with van der Waals surface area (Å²) in [5.74, 6) is -0.334. The van der Waals surface area contributed by atoms with E-state index in [1.807, 2.05) is 6.92 Å². The molecular weight excluding hydrogens is 224 g/mol. The SMILES string of the molecule is CCc1ccc(S(=O)(=O)C(C)C(C)=O)cc1. The van der Waals surface area contributed by atoms with Crippen molar-refractivity contribution in [1.29, 1.82) is 0 Å². The summed E-state index contributed by atoms with van der Waals surface area (Å²) in [5.41, 5.74) is 1.08. The van der Waals surface area contributed by atoms with E-state index in [1.165, 1.54) is 13.8 Å². The average molecular weight is 240 g/mol. The summed E-state index contributed by atoms with van der Waals surface area (Å²) in [6.45, 7) is 4.72. The molecule has 0 aliphatic rings. The lowest BCUT2D eigenvalue weighted by Crippen LogP contribution is -2.25. The molecule has 88 valence electrons. The van der Waals surface area contributed by atoms with Gasteiger partial charge in [-0.3, -0.25) is 4.79 Å². The molecule has 0 aliphatic heterocycles. The number of hydrogen-bond donors (Lipinski definition) is 0. The minimum Gasteiger partial charge on any atom is -0.299 e. The zero-order chi connectivity index (χ0) is 12.3. The number of sulfone groups is 1. The molecule has 1 atom stereocenters. The maximum absolute atomic E-state index is 12.0. The molecule has 0 N–H and O–H groups in total. The monoisotopic (exact) mass is 240 g/mol. The number of carbonyl (C=O) groups excluding carboxylic acids is 1. The highest BCUT2D eigenvalue weighted by molar-refractivity contribution is 7.92. The molecule has 1 rings (SSSR count). The topological polar surface area (TPSA) is 51.2 Å². The molecule has 1 aromatic carbocycles. The van der Waals surface area contributed by atoms with E-state index in [0.29, 0.717) is 0 Å². The molecule has 0 bridgehead atoms. The maximum Gasteiger partial charge on any atom is 0.188 e. The third-order valence-corrected chi connectivity index (χ3v) is 4.89. The van der Waals surface area contributed by atoms with Gasteiger partial charge in [-0.05, 0) is 38.0 Å². The van der Waals surface area contributed by atoms with Crippen LogP contribution in [0.15, 0.2) is 29.2 Å². The van der Waals surface area contributed by atoms with Crippen LogP contribution in [0.4, 0.5) is 0 Å². The fourth-order valence-corrected chi connectivity index (χ4v) is 2.70. The van der Waals surface area contributed by atoms with Crippen LogP contribution < -0.4 is 0 Å². The number of hydrogen-bond acceptors (Lipinski definition) is 3. The van der Waals surface area contributed by atoms with Crippen LogP contribution in [0.5, 0.6) is 0 Å². The van der Waals surface area contributed by atoms with E-state index in [1.54, 1.807) is 24.3 Å². The average Bonchev–Trinajstić information content (AvgIpc) is 2.28. The van der Waals surface area contributed by atoms with Gasteiger partial charge in [-0.25, -0.2) is 8.42 Å². The van der Waals surface area contributed by atoms with E-state index in [2.05, 4.69) is 0 Å². The van der Waals surface area contributed by atoms with Crippen molar-refractivity contribution in [3.63, 3.8) is 0 Å². The molecule has 0 spiro atoms. The Labute approximate surface area is 96.4 Å². The van der Waals surface area contributed by atoms with Gasteiger partial charge in [0.05, 0.1) is 4.90 Å². The van der Waals surface area contributed by atoms with Gasteiger partial charge in [0.2, 0.25) is 0 Å². The van der Waals surface area contributed by atoms with Crippen molar-refractivity contribution in [3.05, 3.63) is 29.8 Å². The largest absolute Gasteiger partial charge is 0.299 e. The summed E-state index contributed by atoms with van der Waals surface area (Å²) in [4.78, 5) is 11.3. The number of carbonyl (C=O) groups is 1. The molecule has 0 radical (unpaired) electrons. The van der Waals surface area contributed by atoms with E-state index in [-0.39, 0.29) is 10.7 Å². The van der Waals surface area contributed by atoms with Gasteiger partial charge in [-0.1, -0.05) is 19.1 Å². The van der Waals surface area contributed by atoms with Crippen LogP contribution in [0.2, 0.25) is 0 Å². The molecule has 0 saturated carbocycles. The van der Waals surface area contributed by atoms with Gasteiger partial charge in [0.1, 0.15) is 11.0 Å². The van der Waals surface area contributed by atoms with E-state index in [9.17, 15) is 13.2 Å². The van der Waals surface area contributed by atoms with Gasteiger partial charge in [0.25, 0.3) is 0 Å². The Hall–Kier alpha value is -1.16. The lowest BCUT2D eigenvalue weighted by Gasteiger charge is -2.10. The standard InChI is InChI=1S/C12H16O3S/c1-4-11-5-7-12(8-6-11)16(14,15)10(3)9(2)13/h5-8,10H,4H2,1-3H3. The summed E-state index contributed by atoms with van der Waals surface area (Å²) < 4.78 is 23.9. The molecule has 3 nitrogen and oxygen atoms in total. The maximum atomic E-state index is 12.0. The van der Waals surface area contributed by atoms with Gasteiger partial charge in [0.15, 0.2) is 9.84 Å². The summed E-state index contributed by atoms with van der Waals surface area (Å²) in [7, 11) is -3.51. The van der Waals surface area contributed by atoms with Crippen LogP contribution in [0.1, 0.15) is 26.3 Å². The van der Waals surface area contributed by atoms with Crippen LogP contribution in [0.25, 0.3) is 0 Å². The Morgan fingerprint density at radius 1 is 1.25 bits per heavy atom. The molecular formula is C12H16O3S. The molecule has 1 aromatic rings. The fourth-order valence-electron chi connectivity index (χ4n) is 1.34. The molecule has 0 fully saturated rings. The Kier molecular flexibility index (Phi) is 3.86. The van der Waals surface area contributed by atoms with Gasteiger partial charge < -0.3 is 0 Å². The smallest absolute Gasteiger partial charge is 0.188 e. The lowest BCUT2D eigenvalue weighted by atomic mass is 10.2. The summed E-state index contributed by atoms with van der Waals surface area (Å²) in [5, 5.41) is -0.972. The van der Waals surface area contributed by atoms with Crippen molar-refractivity contribution in [2.24, 2.45) is 0 Å². The summed E-state index contributed by atoms with van der Waals surface area (Å²) in [6, 6.07) is 6.68. The first-order valence-electron chi connectivity index (χ1n) is 5.23. The predicted molar refractivity (Wildman–Crippen MR) is 63.1 cm³/mol. The van der Waals surface area contributed by atoms with Crippen molar-refractivity contribution >= 4 is 15.6 Å². The second-order valence-electron chi connectivity index (χ2n) is 3.80. The highest BCUT2D eigenvalue weighted by atomic mass is 32.2. The van der Waals surface area contributed by atoms with Crippen LogP contribution in [-0.2, 0) is 21.1 Å². The number of Topliss-reactive ketones (excluding diaryl/α,β-unsaturated/α-hetero) is 1. The number of aryl methyl sites for hydroxylation is 1. The number of benzene rings is 1. The Balaban J connectivity index is 3.13. The third kappa shape index (κ3) is 2.50. The van der Waals surface area contributed by atoms with E-state index < -0.39 is 15.1 Å². The van der Waals surface area contributed by atoms with Gasteiger partial charge in [-0.2, -0.15) is 0 Å². The van der Waals surface area contributed by atoms with E-state index in [4.69, 9.17) is 0 Å². The molecule has 0 aliphatic carbocycles. The first kappa shape index (κ1) is 12.9. The first-order chi connectivity index (χ1) is 7.39. The Morgan fingerprint density at radius 3 is 2.12 bits per heavy atom. The minimum absolute atomic E-state index is 0.215. The van der Waals surface area contributed by atoms with Crippen LogP contribution in [0, 0.1) is 0 Å². The number of rotatable bonds is 4. The second kappa shape index (κ2) is 4.78. The first-order valence-corrected chi connectivity index (χ1v) is 6.77. The number of ketones is 1. The Morgan fingerprint density at radius 2 is 1.75 bits per heavy atom. The van der Waals surface area contributed by atoms with Crippen molar-refractivity contribution in [1.82, 2.24) is 0 Å². The molecule has 1 unspecified atom stereocenters. The highest BCUT2D eigenvalue weighted by Crippen LogP contribution is 2.17. The molecule has 0 heterocycles. The van der Waals surface area contributed by atoms with E-state index in [0.717, 1.165) is 12.0 Å². The molecule has 0 amide bonds. The van der Waals surface area contributed by atoms with Crippen molar-refractivity contribution in [2.45, 2.75) is 37.3 Å². The van der Waals surface area contributed by atoms with Gasteiger partial charge >= 0.3 is 0 Å². The highest BCUT2D eigenvalue weighted by Gasteiger charge is 2.26. The molecule has 4 heteroatoms. The van der Waals surface area contributed by atoms with Crippen LogP contribution in [0.3, 0.4) is 0 Å². The van der Waals surface area contributed by atoms with Crippen molar-refractivity contribution in [3.8, 4) is 0 Å². The minimum atomic E-state index is -3.51. The summed E-state index contributed by atoms with van der Waals surface area (Å²) in [6.07, 6.45) is 0.864. The van der Waals surface area contributed by atoms with Crippen LogP contribution >= 0.6 is 0 Å². The third-order valence-electron chi connectivity index (χ3n) is 2.70. The summed E-state index contributed by atoms with van der Waals surface area (Å²) >= 11 is 0. The Bertz CT molecular complexity index is 471. The van der Waals surface area contributed by atoms with Gasteiger partial charge in [-0.15, -0.1) is 0 Å². The second-order valence-corrected chi connectivity index (χ2v) is 6.06. The van der Waals surface area contributed by atoms with Crippen LogP contribution in [-0.4, -0.2) is 19.5 Å². The normalized spacial score (nSPS) is 13.4. The zero-order valence-corrected chi connectivity index (χ0v) is 10.5. The zero-order valence-electron chi connectivity index (χ0n) is 9.73. The predicted octanol–water partition coefficient (Wildman–Crippen LogP) is 2.00. The molecule has 0 aromatic heterocycles. The molecule has 0 saturated heterocycles. The lowest BCUT2D eigenvalue weighted by molar-refractivity contribution is -0.116. The fraction of sp³-hybridized carbons (Fsp3) is 0.417.